The summed E-state index contributed by atoms with van der Waals surface area (Å²) >= 11 is 0. The second-order valence-electron chi connectivity index (χ2n) is 19.0. The fourth-order valence-electron chi connectivity index (χ4n) is 12.6. The number of hydrogen-bond acceptors (Lipinski definition) is 14. The molecule has 14 heteroatoms. The van der Waals surface area contributed by atoms with Gasteiger partial charge >= 0.3 is 0 Å². The molecule has 2 saturated heterocycles. The van der Waals surface area contributed by atoms with Crippen LogP contribution in [-0.2, 0) is 23.7 Å². The summed E-state index contributed by atoms with van der Waals surface area (Å²) in [6.07, 6.45) is -6.42. The van der Waals surface area contributed by atoms with E-state index in [9.17, 15) is 46.0 Å². The number of hydrogen-bond donors (Lipinski definition) is 9. The van der Waals surface area contributed by atoms with Crippen LogP contribution < -0.4 is 0 Å². The molecule has 0 bridgehead atoms. The van der Waals surface area contributed by atoms with Gasteiger partial charge in [-0.15, -0.1) is 0 Å². The minimum Gasteiger partial charge on any atom is -0.390 e. The molecule has 0 aromatic carbocycles. The Balaban J connectivity index is 1.13. The van der Waals surface area contributed by atoms with E-state index >= 15 is 0 Å². The number of methoxy groups -OCH3 is 1. The van der Waals surface area contributed by atoms with Crippen LogP contribution in [0.5, 0.6) is 0 Å². The molecular weight excluding hydrogens is 716 g/mol. The molecule has 0 aromatic rings. The summed E-state index contributed by atoms with van der Waals surface area (Å²) < 4.78 is 28.7. The second-order valence-corrected chi connectivity index (χ2v) is 19.0. The third kappa shape index (κ3) is 7.74. The van der Waals surface area contributed by atoms with Crippen LogP contribution in [-0.4, -0.2) is 152 Å². The van der Waals surface area contributed by atoms with Crippen LogP contribution in [0, 0.1) is 52.3 Å². The first-order chi connectivity index (χ1) is 25.8. The van der Waals surface area contributed by atoms with Crippen LogP contribution in [0.1, 0.15) is 86.5 Å². The zero-order chi connectivity index (χ0) is 40.4. The number of fused-ring (bicyclic) bond motifs is 5. The first-order valence-electron chi connectivity index (χ1n) is 20.7. The van der Waals surface area contributed by atoms with Gasteiger partial charge in [-0.1, -0.05) is 54.0 Å². The predicted molar refractivity (Wildman–Crippen MR) is 198 cm³/mol. The maximum Gasteiger partial charge on any atom is 0.187 e. The van der Waals surface area contributed by atoms with E-state index in [1.807, 2.05) is 6.08 Å². The lowest BCUT2D eigenvalue weighted by atomic mass is 9.43. The second kappa shape index (κ2) is 16.7. The summed E-state index contributed by atoms with van der Waals surface area (Å²) in [5.41, 5.74) is -1.79. The van der Waals surface area contributed by atoms with Crippen molar-refractivity contribution < 1.29 is 69.6 Å². The highest BCUT2D eigenvalue weighted by Gasteiger charge is 2.72. The van der Waals surface area contributed by atoms with Gasteiger partial charge in [-0.3, -0.25) is 0 Å². The van der Waals surface area contributed by atoms with Crippen molar-refractivity contribution in [3.63, 3.8) is 0 Å². The van der Waals surface area contributed by atoms with Crippen LogP contribution in [0.15, 0.2) is 11.6 Å². The highest BCUT2D eigenvalue weighted by molar-refractivity contribution is 5.33. The summed E-state index contributed by atoms with van der Waals surface area (Å²) in [5.74, 6) is -0.561. The van der Waals surface area contributed by atoms with E-state index in [4.69, 9.17) is 23.7 Å². The average Bonchev–Trinajstić information content (AvgIpc) is 3.33. The van der Waals surface area contributed by atoms with Crippen LogP contribution in [0.3, 0.4) is 0 Å². The third-order valence-electron chi connectivity index (χ3n) is 15.4. The van der Waals surface area contributed by atoms with Crippen molar-refractivity contribution in [2.24, 2.45) is 52.3 Å². The minimum atomic E-state index is -1.42. The van der Waals surface area contributed by atoms with Crippen LogP contribution in [0.2, 0.25) is 0 Å². The predicted octanol–water partition coefficient (Wildman–Crippen LogP) is 0.851. The van der Waals surface area contributed by atoms with Crippen LogP contribution >= 0.6 is 0 Å². The van der Waals surface area contributed by atoms with Crippen molar-refractivity contribution in [3.05, 3.63) is 11.6 Å². The van der Waals surface area contributed by atoms with Gasteiger partial charge in [0.1, 0.15) is 36.6 Å². The topological polar surface area (TPSA) is 228 Å². The maximum absolute atomic E-state index is 12.9. The van der Waals surface area contributed by atoms with Gasteiger partial charge in [0, 0.05) is 19.4 Å². The molecule has 0 amide bonds. The van der Waals surface area contributed by atoms with Crippen molar-refractivity contribution in [3.8, 4) is 0 Å². The Morgan fingerprint density at radius 1 is 0.800 bits per heavy atom. The summed E-state index contributed by atoms with van der Waals surface area (Å²) in [6.45, 7) is 12.8. The van der Waals surface area contributed by atoms with Crippen molar-refractivity contribution in [2.75, 3.05) is 26.9 Å². The highest BCUT2D eigenvalue weighted by atomic mass is 16.7. The number of aliphatic hydroxyl groups excluding tert-OH is 8. The van der Waals surface area contributed by atoms with Gasteiger partial charge in [0.15, 0.2) is 12.6 Å². The summed E-state index contributed by atoms with van der Waals surface area (Å²) in [4.78, 5) is 0. The standard InChI is InChI=1S/C41H70O14/c1-19(2)23(21(4)16-52-37-34(49)30(45)26(43)17-53-37)9-8-20(3)29-32(47)33(48)36-40(29,6)13-11-28-39(5)12-10-22(14-24(39)25(42)15-41(28,36)50)55-38-35(51-7)31(46)27(44)18-54-38/h14,19-23,25-38,42-50H,8-13,15-18H2,1-7H3/t20-,21-,22+,23+,25-,26-,27-,28?,29+,30+,31+,32-,33+,34-,35-,36?,37-,38+,39+,40-,41+/m1/s1. The Labute approximate surface area is 325 Å². The lowest BCUT2D eigenvalue weighted by Crippen LogP contribution is -2.66. The molecule has 14 nitrogen and oxygen atoms in total. The molecule has 0 radical (unpaired) electrons. The monoisotopic (exact) mass is 786 g/mol. The van der Waals surface area contributed by atoms with E-state index in [-0.39, 0.29) is 49.2 Å². The van der Waals surface area contributed by atoms with Crippen molar-refractivity contribution in [1.29, 1.82) is 0 Å². The summed E-state index contributed by atoms with van der Waals surface area (Å²) in [6, 6.07) is 0. The molecule has 4 aliphatic carbocycles. The molecule has 2 unspecified atom stereocenters. The first-order valence-corrected chi connectivity index (χ1v) is 20.7. The number of rotatable bonds is 12. The summed E-state index contributed by atoms with van der Waals surface area (Å²) in [5, 5.41) is 99.1. The van der Waals surface area contributed by atoms with E-state index < -0.39 is 96.0 Å². The van der Waals surface area contributed by atoms with Crippen LogP contribution in [0.25, 0.3) is 0 Å². The minimum absolute atomic E-state index is 0.0130. The van der Waals surface area contributed by atoms with Gasteiger partial charge in [-0.05, 0) is 84.0 Å². The Hall–Kier alpha value is -0.820. The Morgan fingerprint density at radius 3 is 2.11 bits per heavy atom. The molecule has 5 fully saturated rings. The molecule has 3 saturated carbocycles. The Morgan fingerprint density at radius 2 is 1.45 bits per heavy atom. The summed E-state index contributed by atoms with van der Waals surface area (Å²) in [7, 11) is 1.42. The van der Waals surface area contributed by atoms with Crippen molar-refractivity contribution >= 4 is 0 Å². The fraction of sp³-hybridized carbons (Fsp3) is 0.951. The molecule has 9 N–H and O–H groups in total. The smallest absolute Gasteiger partial charge is 0.187 e. The van der Waals surface area contributed by atoms with Gasteiger partial charge in [0.25, 0.3) is 0 Å². The Kier molecular flexibility index (Phi) is 13.3. The van der Waals surface area contributed by atoms with Gasteiger partial charge in [0.05, 0.1) is 49.8 Å². The van der Waals surface area contributed by atoms with Crippen molar-refractivity contribution in [1.82, 2.24) is 0 Å². The molecular formula is C41H70O14. The van der Waals surface area contributed by atoms with Gasteiger partial charge in [-0.2, -0.15) is 0 Å². The zero-order valence-corrected chi connectivity index (χ0v) is 33.7. The lowest BCUT2D eigenvalue weighted by Gasteiger charge is -2.64. The molecule has 2 heterocycles. The van der Waals surface area contributed by atoms with Crippen molar-refractivity contribution in [2.45, 2.75) is 166 Å². The lowest BCUT2D eigenvalue weighted by molar-refractivity contribution is -0.285. The molecule has 318 valence electrons. The van der Waals surface area contributed by atoms with Gasteiger partial charge < -0.3 is 69.6 Å². The third-order valence-corrected chi connectivity index (χ3v) is 15.4. The molecule has 2 aliphatic heterocycles. The van der Waals surface area contributed by atoms with E-state index in [1.165, 1.54) is 7.11 Å². The van der Waals surface area contributed by atoms with E-state index in [1.54, 1.807) is 0 Å². The highest BCUT2D eigenvalue weighted by Crippen LogP contribution is 2.69. The Bertz CT molecular complexity index is 1330. The van der Waals surface area contributed by atoms with Gasteiger partial charge in [-0.25, -0.2) is 0 Å². The molecule has 6 rings (SSSR count). The number of aliphatic hydroxyl groups is 9. The van der Waals surface area contributed by atoms with E-state index in [0.717, 1.165) is 18.4 Å². The molecule has 0 aromatic heterocycles. The first kappa shape index (κ1) is 43.8. The largest absolute Gasteiger partial charge is 0.390 e. The normalized spacial score (nSPS) is 50.4. The number of ether oxygens (including phenoxy) is 5. The van der Waals surface area contributed by atoms with E-state index in [2.05, 4.69) is 41.5 Å². The molecule has 6 aliphatic rings. The quantitative estimate of drug-likeness (QED) is 0.125. The molecule has 55 heavy (non-hydrogen) atoms. The van der Waals surface area contributed by atoms with E-state index in [0.29, 0.717) is 38.2 Å². The SMILES string of the molecule is CO[C@H]1[C@H](O[C@@H]2C=C3[C@H](O)C[C@]4(O)C(CC[C@@]5(C)C4[C@@H](O)[C@H](O)[C@@H]5[C@H](C)CC[C@@H](C(C)C)[C@H](C)CO[C@@H]4OC[C@@H](O)[C@H](O)[C@H]4O)[C@@]3(C)CC2)OC[C@@H](O)[C@@H]1O. The maximum atomic E-state index is 12.9. The van der Waals surface area contributed by atoms with Gasteiger partial charge in [0.2, 0.25) is 0 Å². The molecule has 0 spiro atoms. The fourth-order valence-corrected chi connectivity index (χ4v) is 12.6. The average molecular weight is 787 g/mol. The zero-order valence-electron chi connectivity index (χ0n) is 33.7. The molecule has 21 atom stereocenters. The van der Waals surface area contributed by atoms with Crippen LogP contribution in [0.4, 0.5) is 0 Å².